The molecule has 1 N–H and O–H groups in total. The molecule has 1 unspecified atom stereocenters. The monoisotopic (exact) mass is 217 g/mol. The fourth-order valence-corrected chi connectivity index (χ4v) is 1.84. The van der Waals surface area contributed by atoms with Crippen molar-refractivity contribution >= 4 is 5.97 Å². The highest BCUT2D eigenvalue weighted by Crippen LogP contribution is 2.30. The lowest BCUT2D eigenvalue weighted by molar-refractivity contribution is -0.159. The van der Waals surface area contributed by atoms with Gasteiger partial charge in [0.05, 0.1) is 6.42 Å². The lowest BCUT2D eigenvalue weighted by Gasteiger charge is -2.14. The topological polar surface area (TPSA) is 38.3 Å². The normalized spacial score (nSPS) is 29.7. The molecule has 0 bridgehead atoms. The van der Waals surface area contributed by atoms with Gasteiger partial charge >= 0.3 is 11.9 Å². The lowest BCUT2D eigenvalue weighted by Crippen LogP contribution is -2.34. The Hall–Kier alpha value is -0.970. The number of carbonyl (C=O) groups excluding carboxylic acids is 1. The Kier molecular flexibility index (Phi) is 2.73. The van der Waals surface area contributed by atoms with Crippen LogP contribution in [-0.2, 0) is 9.53 Å². The molecular weight excluding hydrogens is 204 g/mol. The van der Waals surface area contributed by atoms with E-state index in [9.17, 15) is 13.6 Å². The average molecular weight is 217 g/mol. The summed E-state index contributed by atoms with van der Waals surface area (Å²) < 4.78 is 30.1. The molecule has 1 aliphatic carbocycles. The van der Waals surface area contributed by atoms with Crippen LogP contribution >= 0.6 is 0 Å². The molecule has 84 valence electrons. The zero-order valence-corrected chi connectivity index (χ0v) is 8.21. The van der Waals surface area contributed by atoms with Gasteiger partial charge in [0.15, 0.2) is 0 Å². The van der Waals surface area contributed by atoms with Crippen LogP contribution in [-0.4, -0.2) is 30.6 Å². The zero-order chi connectivity index (χ0) is 10.9. The first kappa shape index (κ1) is 10.5. The van der Waals surface area contributed by atoms with E-state index >= 15 is 0 Å². The molecule has 0 spiro atoms. The van der Waals surface area contributed by atoms with Gasteiger partial charge in [0.1, 0.15) is 6.10 Å². The Morgan fingerprint density at radius 2 is 2.13 bits per heavy atom. The van der Waals surface area contributed by atoms with E-state index in [0.29, 0.717) is 12.6 Å². The van der Waals surface area contributed by atoms with E-state index in [1.807, 2.05) is 12.2 Å². The summed E-state index contributed by atoms with van der Waals surface area (Å²) in [7, 11) is 0. The van der Waals surface area contributed by atoms with Crippen molar-refractivity contribution in [3.63, 3.8) is 0 Å². The van der Waals surface area contributed by atoms with Crippen LogP contribution in [0.3, 0.4) is 0 Å². The zero-order valence-electron chi connectivity index (χ0n) is 8.21. The molecule has 0 saturated carbocycles. The Morgan fingerprint density at radius 1 is 1.47 bits per heavy atom. The Labute approximate surface area is 86.5 Å². The molecule has 1 aliphatic heterocycles. The fourth-order valence-electron chi connectivity index (χ4n) is 1.84. The third kappa shape index (κ3) is 2.34. The van der Waals surface area contributed by atoms with Gasteiger partial charge in [-0.25, -0.2) is 4.79 Å². The second-order valence-electron chi connectivity index (χ2n) is 3.98. The first-order valence-electron chi connectivity index (χ1n) is 5.05. The number of hydrogen-bond acceptors (Lipinski definition) is 3. The van der Waals surface area contributed by atoms with Gasteiger partial charge in [-0.2, -0.15) is 8.78 Å². The van der Waals surface area contributed by atoms with Crippen LogP contribution in [0.1, 0.15) is 19.3 Å². The largest absolute Gasteiger partial charge is 0.456 e. The second kappa shape index (κ2) is 3.89. The van der Waals surface area contributed by atoms with Gasteiger partial charge in [-0.15, -0.1) is 0 Å². The summed E-state index contributed by atoms with van der Waals surface area (Å²) >= 11 is 0. The molecule has 0 amide bonds. The van der Waals surface area contributed by atoms with Crippen molar-refractivity contribution in [2.75, 3.05) is 6.54 Å². The number of rotatable bonds is 3. The van der Waals surface area contributed by atoms with Crippen LogP contribution in [0.15, 0.2) is 12.2 Å². The van der Waals surface area contributed by atoms with Crippen LogP contribution in [0.5, 0.6) is 0 Å². The smallest absolute Gasteiger partial charge is 0.377 e. The number of alkyl halides is 2. The molecule has 2 aliphatic rings. The number of nitrogens with one attached hydrogen (secondary N) is 1. The van der Waals surface area contributed by atoms with E-state index in [4.69, 9.17) is 0 Å². The molecule has 0 radical (unpaired) electrons. The molecule has 1 heterocycles. The number of carbonyl (C=O) groups is 1. The van der Waals surface area contributed by atoms with Crippen molar-refractivity contribution in [2.45, 2.75) is 37.3 Å². The molecule has 3 nitrogen and oxygen atoms in total. The van der Waals surface area contributed by atoms with Gasteiger partial charge in [0.2, 0.25) is 0 Å². The van der Waals surface area contributed by atoms with E-state index in [1.54, 1.807) is 0 Å². The molecule has 15 heavy (non-hydrogen) atoms. The highest BCUT2D eigenvalue weighted by atomic mass is 19.3. The predicted molar refractivity (Wildman–Crippen MR) is 49.6 cm³/mol. The molecule has 1 fully saturated rings. The fraction of sp³-hybridized carbons (Fsp3) is 0.700. The number of cyclic esters (lactones) is 1. The minimum Gasteiger partial charge on any atom is -0.456 e. The number of ether oxygens (including phenoxy) is 1. The van der Waals surface area contributed by atoms with Gasteiger partial charge in [-0.05, 0) is 12.8 Å². The van der Waals surface area contributed by atoms with Crippen molar-refractivity contribution in [1.29, 1.82) is 0 Å². The van der Waals surface area contributed by atoms with Crippen molar-refractivity contribution < 1.29 is 18.3 Å². The van der Waals surface area contributed by atoms with E-state index in [1.165, 1.54) is 0 Å². The van der Waals surface area contributed by atoms with Crippen molar-refractivity contribution in [3.8, 4) is 0 Å². The van der Waals surface area contributed by atoms with E-state index in [0.717, 1.165) is 12.8 Å². The maximum Gasteiger partial charge on any atom is 0.377 e. The lowest BCUT2D eigenvalue weighted by atomic mass is 10.1. The van der Waals surface area contributed by atoms with Crippen LogP contribution in [0.4, 0.5) is 8.78 Å². The van der Waals surface area contributed by atoms with E-state index in [2.05, 4.69) is 10.1 Å². The Bertz CT molecular complexity index is 283. The quantitative estimate of drug-likeness (QED) is 0.571. The first-order valence-corrected chi connectivity index (χ1v) is 5.05. The van der Waals surface area contributed by atoms with Crippen LogP contribution in [0.25, 0.3) is 0 Å². The molecule has 0 aromatic rings. The molecule has 0 aromatic carbocycles. The number of halogens is 2. The first-order chi connectivity index (χ1) is 7.08. The maximum atomic E-state index is 12.8. The van der Waals surface area contributed by atoms with Gasteiger partial charge in [-0.1, -0.05) is 12.2 Å². The van der Waals surface area contributed by atoms with Crippen molar-refractivity contribution in [1.82, 2.24) is 5.32 Å². The summed E-state index contributed by atoms with van der Waals surface area (Å²) in [4.78, 5) is 10.7. The molecule has 0 aromatic heterocycles. The minimum absolute atomic E-state index is 0.304. The van der Waals surface area contributed by atoms with Crippen molar-refractivity contribution in [3.05, 3.63) is 12.2 Å². The average Bonchev–Trinajstić information content (AvgIpc) is 2.72. The Balaban J connectivity index is 1.75. The third-order valence-electron chi connectivity index (χ3n) is 2.70. The number of esters is 1. The molecule has 1 atom stereocenters. The summed E-state index contributed by atoms with van der Waals surface area (Å²) in [6, 6.07) is 0.304. The second-order valence-corrected chi connectivity index (χ2v) is 3.98. The van der Waals surface area contributed by atoms with Gasteiger partial charge in [-0.3, -0.25) is 0 Å². The maximum absolute atomic E-state index is 12.8. The van der Waals surface area contributed by atoms with E-state index < -0.39 is 24.4 Å². The summed E-state index contributed by atoms with van der Waals surface area (Å²) in [5.74, 6) is -4.68. The minimum atomic E-state index is -3.29. The van der Waals surface area contributed by atoms with Gasteiger partial charge in [0.25, 0.3) is 0 Å². The summed E-state index contributed by atoms with van der Waals surface area (Å²) in [5, 5.41) is 3.11. The molecule has 2 rings (SSSR count). The SMILES string of the molecule is O=C1OC(CNC2CC=CC2)CC1(F)F. The van der Waals surface area contributed by atoms with Gasteiger partial charge < -0.3 is 10.1 Å². The highest BCUT2D eigenvalue weighted by Gasteiger charge is 2.50. The molecular formula is C10H13F2NO2. The van der Waals surface area contributed by atoms with Crippen LogP contribution in [0.2, 0.25) is 0 Å². The van der Waals surface area contributed by atoms with Gasteiger partial charge in [0, 0.05) is 12.6 Å². The van der Waals surface area contributed by atoms with E-state index in [-0.39, 0.29) is 0 Å². The number of hydrogen-bond donors (Lipinski definition) is 1. The van der Waals surface area contributed by atoms with Crippen molar-refractivity contribution in [2.24, 2.45) is 0 Å². The summed E-state index contributed by atoms with van der Waals surface area (Å²) in [5.41, 5.74) is 0. The summed E-state index contributed by atoms with van der Waals surface area (Å²) in [6.45, 7) is 0.313. The third-order valence-corrected chi connectivity index (χ3v) is 2.70. The Morgan fingerprint density at radius 3 is 2.67 bits per heavy atom. The molecule has 1 saturated heterocycles. The molecule has 5 heteroatoms. The highest BCUT2D eigenvalue weighted by molar-refractivity contribution is 5.79. The standard InChI is InChI=1S/C10H13F2NO2/c11-10(12)5-8(15-9(10)14)6-13-7-3-1-2-4-7/h1-2,7-8,13H,3-6H2. The summed E-state index contributed by atoms with van der Waals surface area (Å²) in [6.07, 6.45) is 4.74. The predicted octanol–water partition coefficient (Wildman–Crippen LogP) is 1.25. The van der Waals surface area contributed by atoms with Crippen LogP contribution < -0.4 is 5.32 Å². The van der Waals surface area contributed by atoms with Crippen LogP contribution in [0, 0.1) is 0 Å².